The molecule has 0 aliphatic carbocycles. The van der Waals surface area contributed by atoms with Crippen LogP contribution in [0.4, 0.5) is 4.79 Å². The van der Waals surface area contributed by atoms with Crippen molar-refractivity contribution in [2.24, 2.45) is 0 Å². The van der Waals surface area contributed by atoms with Gasteiger partial charge in [-0.1, -0.05) is 36.4 Å². The highest BCUT2D eigenvalue weighted by Gasteiger charge is 2.47. The van der Waals surface area contributed by atoms with E-state index in [1.54, 1.807) is 13.0 Å². The SMILES string of the molecule is CC1(CCc2ccccc2)NC(=O)N(Cc2ccc3c(c2)OCO3)C1=O. The summed E-state index contributed by atoms with van der Waals surface area (Å²) in [6.45, 7) is 2.19. The van der Waals surface area contributed by atoms with Crippen molar-refractivity contribution in [1.29, 1.82) is 0 Å². The minimum atomic E-state index is -0.886. The zero-order valence-corrected chi connectivity index (χ0v) is 14.5. The van der Waals surface area contributed by atoms with Crippen LogP contribution in [0.25, 0.3) is 0 Å². The van der Waals surface area contributed by atoms with E-state index in [1.807, 2.05) is 42.5 Å². The first-order valence-electron chi connectivity index (χ1n) is 8.62. The van der Waals surface area contributed by atoms with Crippen LogP contribution in [0.2, 0.25) is 0 Å². The van der Waals surface area contributed by atoms with Gasteiger partial charge < -0.3 is 14.8 Å². The molecule has 1 unspecified atom stereocenters. The number of carbonyl (C=O) groups excluding carboxylic acids is 2. The molecule has 0 spiro atoms. The van der Waals surface area contributed by atoms with Crippen LogP contribution in [0.1, 0.15) is 24.5 Å². The second kappa shape index (κ2) is 6.37. The number of aryl methyl sites for hydroxylation is 1. The molecule has 2 aliphatic rings. The molecule has 0 saturated carbocycles. The minimum absolute atomic E-state index is 0.194. The number of nitrogens with one attached hydrogen (secondary N) is 1. The van der Waals surface area contributed by atoms with Gasteiger partial charge in [-0.05, 0) is 43.0 Å². The number of ether oxygens (including phenoxy) is 2. The van der Waals surface area contributed by atoms with Crippen LogP contribution in [0.3, 0.4) is 0 Å². The Morgan fingerprint density at radius 2 is 1.81 bits per heavy atom. The molecule has 0 aromatic heterocycles. The summed E-state index contributed by atoms with van der Waals surface area (Å²) in [5.41, 5.74) is 1.08. The fourth-order valence-electron chi connectivity index (χ4n) is 3.32. The topological polar surface area (TPSA) is 67.9 Å². The van der Waals surface area contributed by atoms with Gasteiger partial charge >= 0.3 is 6.03 Å². The van der Waals surface area contributed by atoms with Crippen LogP contribution in [-0.2, 0) is 17.8 Å². The molecule has 1 fully saturated rings. The highest BCUT2D eigenvalue weighted by molar-refractivity contribution is 6.06. The molecule has 0 bridgehead atoms. The van der Waals surface area contributed by atoms with Crippen LogP contribution in [-0.4, -0.2) is 29.2 Å². The van der Waals surface area contributed by atoms with E-state index in [1.165, 1.54) is 4.90 Å². The maximum atomic E-state index is 12.9. The highest BCUT2D eigenvalue weighted by Crippen LogP contribution is 2.33. The lowest BCUT2D eigenvalue weighted by molar-refractivity contribution is -0.131. The molecule has 4 rings (SSSR count). The molecule has 2 aromatic rings. The lowest BCUT2D eigenvalue weighted by Crippen LogP contribution is -2.44. The first kappa shape index (κ1) is 16.4. The standard InChI is InChI=1S/C20H20N2O4/c1-20(10-9-14-5-3-2-4-6-14)18(23)22(19(24)21-20)12-15-7-8-16-17(11-15)26-13-25-16/h2-8,11H,9-10,12-13H2,1H3,(H,21,24). The van der Waals surface area contributed by atoms with Gasteiger partial charge in [0.15, 0.2) is 11.5 Å². The number of urea groups is 1. The van der Waals surface area contributed by atoms with Crippen molar-refractivity contribution < 1.29 is 19.1 Å². The van der Waals surface area contributed by atoms with Gasteiger partial charge in [-0.3, -0.25) is 9.69 Å². The van der Waals surface area contributed by atoms with Gasteiger partial charge in [0.05, 0.1) is 6.54 Å². The molecule has 0 radical (unpaired) electrons. The van der Waals surface area contributed by atoms with Gasteiger partial charge in [0.25, 0.3) is 5.91 Å². The number of imide groups is 1. The number of hydrogen-bond acceptors (Lipinski definition) is 4. The highest BCUT2D eigenvalue weighted by atomic mass is 16.7. The normalized spacial score (nSPS) is 21.2. The van der Waals surface area contributed by atoms with Crippen LogP contribution < -0.4 is 14.8 Å². The van der Waals surface area contributed by atoms with Crippen molar-refractivity contribution in [2.75, 3.05) is 6.79 Å². The van der Waals surface area contributed by atoms with E-state index in [9.17, 15) is 9.59 Å². The van der Waals surface area contributed by atoms with E-state index in [0.29, 0.717) is 17.9 Å². The molecule has 2 aromatic carbocycles. The smallest absolute Gasteiger partial charge is 0.325 e. The second-order valence-electron chi connectivity index (χ2n) is 6.83. The Balaban J connectivity index is 1.46. The van der Waals surface area contributed by atoms with Crippen LogP contribution in [0.5, 0.6) is 11.5 Å². The van der Waals surface area contributed by atoms with Crippen molar-refractivity contribution in [3.8, 4) is 11.5 Å². The molecule has 26 heavy (non-hydrogen) atoms. The van der Waals surface area contributed by atoms with Crippen molar-refractivity contribution in [3.05, 3.63) is 59.7 Å². The van der Waals surface area contributed by atoms with Gasteiger partial charge in [0.2, 0.25) is 6.79 Å². The first-order valence-corrected chi connectivity index (χ1v) is 8.62. The predicted octanol–water partition coefficient (Wildman–Crippen LogP) is 2.86. The van der Waals surface area contributed by atoms with Crippen molar-refractivity contribution in [3.63, 3.8) is 0 Å². The van der Waals surface area contributed by atoms with E-state index >= 15 is 0 Å². The molecule has 1 saturated heterocycles. The van der Waals surface area contributed by atoms with Gasteiger partial charge in [-0.25, -0.2) is 4.79 Å². The van der Waals surface area contributed by atoms with E-state index < -0.39 is 5.54 Å². The molecular weight excluding hydrogens is 332 g/mol. The summed E-state index contributed by atoms with van der Waals surface area (Å²) in [7, 11) is 0. The van der Waals surface area contributed by atoms with E-state index in [4.69, 9.17) is 9.47 Å². The third kappa shape index (κ3) is 2.98. The van der Waals surface area contributed by atoms with Crippen molar-refractivity contribution in [2.45, 2.75) is 31.8 Å². The largest absolute Gasteiger partial charge is 0.454 e. The third-order valence-electron chi connectivity index (χ3n) is 4.88. The number of amides is 3. The Labute approximate surface area is 151 Å². The van der Waals surface area contributed by atoms with E-state index in [-0.39, 0.29) is 25.3 Å². The quantitative estimate of drug-likeness (QED) is 0.840. The summed E-state index contributed by atoms with van der Waals surface area (Å²) < 4.78 is 10.7. The maximum absolute atomic E-state index is 12.9. The Morgan fingerprint density at radius 1 is 1.04 bits per heavy atom. The maximum Gasteiger partial charge on any atom is 0.325 e. The first-order chi connectivity index (χ1) is 12.5. The fourth-order valence-corrected chi connectivity index (χ4v) is 3.32. The molecule has 2 heterocycles. The fraction of sp³-hybridized carbons (Fsp3) is 0.300. The van der Waals surface area contributed by atoms with Crippen molar-refractivity contribution in [1.82, 2.24) is 10.2 Å². The molecule has 3 amide bonds. The molecule has 2 aliphatic heterocycles. The predicted molar refractivity (Wildman–Crippen MR) is 94.8 cm³/mol. The monoisotopic (exact) mass is 352 g/mol. The van der Waals surface area contributed by atoms with Crippen LogP contribution in [0, 0.1) is 0 Å². The summed E-state index contributed by atoms with van der Waals surface area (Å²) in [4.78, 5) is 26.5. The minimum Gasteiger partial charge on any atom is -0.454 e. The number of nitrogens with zero attached hydrogens (tertiary/aromatic N) is 1. The Kier molecular flexibility index (Phi) is 4.03. The molecular formula is C20H20N2O4. The third-order valence-corrected chi connectivity index (χ3v) is 4.88. The van der Waals surface area contributed by atoms with Crippen LogP contribution in [0.15, 0.2) is 48.5 Å². The van der Waals surface area contributed by atoms with Gasteiger partial charge in [0, 0.05) is 0 Å². The lowest BCUT2D eigenvalue weighted by atomic mass is 9.93. The summed E-state index contributed by atoms with van der Waals surface area (Å²) in [5.74, 6) is 1.12. The summed E-state index contributed by atoms with van der Waals surface area (Å²) in [5, 5.41) is 2.85. The zero-order chi connectivity index (χ0) is 18.1. The van der Waals surface area contributed by atoms with E-state index in [0.717, 1.165) is 17.5 Å². The molecule has 1 atom stereocenters. The van der Waals surface area contributed by atoms with Crippen molar-refractivity contribution >= 4 is 11.9 Å². The van der Waals surface area contributed by atoms with Gasteiger partial charge in [-0.2, -0.15) is 0 Å². The number of rotatable bonds is 5. The summed E-state index contributed by atoms with van der Waals surface area (Å²) in [6, 6.07) is 15.0. The summed E-state index contributed by atoms with van der Waals surface area (Å²) >= 11 is 0. The number of hydrogen-bond donors (Lipinski definition) is 1. The second-order valence-corrected chi connectivity index (χ2v) is 6.83. The number of carbonyl (C=O) groups is 2. The average molecular weight is 352 g/mol. The Hall–Kier alpha value is -3.02. The van der Waals surface area contributed by atoms with Crippen LogP contribution >= 0.6 is 0 Å². The molecule has 6 heteroatoms. The molecule has 134 valence electrons. The van der Waals surface area contributed by atoms with Gasteiger partial charge in [0.1, 0.15) is 5.54 Å². The van der Waals surface area contributed by atoms with E-state index in [2.05, 4.69) is 5.32 Å². The lowest BCUT2D eigenvalue weighted by Gasteiger charge is -2.21. The Morgan fingerprint density at radius 3 is 2.62 bits per heavy atom. The zero-order valence-electron chi connectivity index (χ0n) is 14.5. The molecule has 1 N–H and O–H groups in total. The summed E-state index contributed by atoms with van der Waals surface area (Å²) in [6.07, 6.45) is 1.28. The Bertz CT molecular complexity index is 852. The van der Waals surface area contributed by atoms with Gasteiger partial charge in [-0.15, -0.1) is 0 Å². The molecule has 6 nitrogen and oxygen atoms in total. The number of fused-ring (bicyclic) bond motifs is 1. The average Bonchev–Trinajstić information content (AvgIpc) is 3.19. The number of benzene rings is 2.